The predicted octanol–water partition coefficient (Wildman–Crippen LogP) is 3.53. The fourth-order valence-corrected chi connectivity index (χ4v) is 3.23. The molecule has 9 heteroatoms. The zero-order valence-corrected chi connectivity index (χ0v) is 16.6. The van der Waals surface area contributed by atoms with Crippen molar-refractivity contribution in [2.24, 2.45) is 5.14 Å². The number of nitrogens with two attached hydrogens (primary N) is 1. The molecule has 0 radical (unpaired) electrons. The normalized spacial score (nSPS) is 12.4. The second-order valence-electron chi connectivity index (χ2n) is 6.18. The van der Waals surface area contributed by atoms with Gasteiger partial charge in [-0.3, -0.25) is 0 Å². The number of nitrogens with zero attached hydrogens (tertiary/aromatic N) is 2. The summed E-state index contributed by atoms with van der Waals surface area (Å²) in [6.07, 6.45) is 1.74. The van der Waals surface area contributed by atoms with Gasteiger partial charge in [-0.1, -0.05) is 17.7 Å². The number of anilines is 2. The number of primary sulfonamides is 1. The van der Waals surface area contributed by atoms with Crippen LogP contribution in [0.15, 0.2) is 65.8 Å². The Morgan fingerprint density at radius 1 is 1.14 bits per heavy atom. The van der Waals surface area contributed by atoms with Crippen LogP contribution in [0.5, 0.6) is 5.75 Å². The van der Waals surface area contributed by atoms with Crippen molar-refractivity contribution in [3.63, 3.8) is 0 Å². The van der Waals surface area contributed by atoms with Crippen LogP contribution in [-0.2, 0) is 16.4 Å². The van der Waals surface area contributed by atoms with Gasteiger partial charge < -0.3 is 10.1 Å². The Labute approximate surface area is 168 Å². The van der Waals surface area contributed by atoms with E-state index in [4.69, 9.17) is 21.5 Å². The second-order valence-corrected chi connectivity index (χ2v) is 8.18. The molecular weight excluding hydrogens is 400 g/mol. The highest BCUT2D eigenvalue weighted by atomic mass is 35.5. The Hall–Kier alpha value is -2.68. The Kier molecular flexibility index (Phi) is 6.13. The van der Waals surface area contributed by atoms with Gasteiger partial charge in [0.05, 0.1) is 4.90 Å². The number of benzene rings is 2. The topological polar surface area (TPSA) is 107 Å². The third-order valence-electron chi connectivity index (χ3n) is 3.81. The summed E-state index contributed by atoms with van der Waals surface area (Å²) in [6, 6.07) is 15.2. The summed E-state index contributed by atoms with van der Waals surface area (Å²) in [5.41, 5.74) is 1.64. The minimum Gasteiger partial charge on any atom is -0.490 e. The maximum atomic E-state index is 11.5. The molecule has 1 heterocycles. The first-order chi connectivity index (χ1) is 13.3. The summed E-state index contributed by atoms with van der Waals surface area (Å²) in [7, 11) is -3.78. The van der Waals surface area contributed by atoms with Crippen molar-refractivity contribution in [2.75, 3.05) is 5.32 Å². The molecule has 0 aliphatic heterocycles. The smallest absolute Gasteiger partial charge is 0.238 e. The second kappa shape index (κ2) is 8.55. The molecule has 146 valence electrons. The Bertz CT molecular complexity index is 1060. The van der Waals surface area contributed by atoms with E-state index < -0.39 is 10.0 Å². The number of aromatic nitrogens is 2. The van der Waals surface area contributed by atoms with Crippen LogP contribution in [0.4, 0.5) is 11.5 Å². The summed E-state index contributed by atoms with van der Waals surface area (Å²) in [5.74, 6) is 1.07. The Morgan fingerprint density at radius 3 is 2.61 bits per heavy atom. The quantitative estimate of drug-likeness (QED) is 0.607. The third-order valence-corrected chi connectivity index (χ3v) is 4.97. The zero-order chi connectivity index (χ0) is 20.1. The molecule has 0 saturated heterocycles. The van der Waals surface area contributed by atoms with Crippen LogP contribution in [0, 0.1) is 0 Å². The SMILES string of the molecule is CC(Cc1cc(Nc2ccc(Cl)cc2)ncn1)Oc1cccc(S(N)(=O)=O)c1. The van der Waals surface area contributed by atoms with Gasteiger partial charge in [0.25, 0.3) is 0 Å². The third kappa shape index (κ3) is 5.66. The minimum absolute atomic E-state index is 0.00804. The van der Waals surface area contributed by atoms with E-state index in [1.54, 1.807) is 24.3 Å². The van der Waals surface area contributed by atoms with Gasteiger partial charge in [0.2, 0.25) is 10.0 Å². The lowest BCUT2D eigenvalue weighted by Crippen LogP contribution is -2.17. The van der Waals surface area contributed by atoms with E-state index in [0.29, 0.717) is 23.0 Å². The number of rotatable bonds is 7. The number of halogens is 1. The van der Waals surface area contributed by atoms with Gasteiger partial charge in [-0.25, -0.2) is 23.5 Å². The maximum absolute atomic E-state index is 11.5. The van der Waals surface area contributed by atoms with E-state index in [1.165, 1.54) is 18.5 Å². The number of hydrogen-bond acceptors (Lipinski definition) is 6. The lowest BCUT2D eigenvalue weighted by atomic mass is 10.2. The molecule has 2 aromatic carbocycles. The molecule has 0 spiro atoms. The zero-order valence-electron chi connectivity index (χ0n) is 15.0. The van der Waals surface area contributed by atoms with E-state index in [2.05, 4.69) is 15.3 Å². The molecule has 0 aliphatic carbocycles. The fraction of sp³-hybridized carbons (Fsp3) is 0.158. The van der Waals surface area contributed by atoms with Crippen molar-refractivity contribution < 1.29 is 13.2 Å². The summed E-state index contributed by atoms with van der Waals surface area (Å²) in [5, 5.41) is 9.00. The van der Waals surface area contributed by atoms with Crippen LogP contribution >= 0.6 is 11.6 Å². The van der Waals surface area contributed by atoms with Gasteiger partial charge in [-0.05, 0) is 43.3 Å². The fourth-order valence-electron chi connectivity index (χ4n) is 2.55. The molecule has 1 aromatic heterocycles. The first kappa shape index (κ1) is 20.1. The number of hydrogen-bond donors (Lipinski definition) is 2. The van der Waals surface area contributed by atoms with Crippen molar-refractivity contribution in [1.29, 1.82) is 0 Å². The lowest BCUT2D eigenvalue weighted by Gasteiger charge is -2.15. The predicted molar refractivity (Wildman–Crippen MR) is 108 cm³/mol. The van der Waals surface area contributed by atoms with E-state index in [1.807, 2.05) is 25.1 Å². The van der Waals surface area contributed by atoms with Gasteiger partial charge in [-0.15, -0.1) is 0 Å². The van der Waals surface area contributed by atoms with Crippen LogP contribution in [-0.4, -0.2) is 24.5 Å². The van der Waals surface area contributed by atoms with Crippen LogP contribution in [0.3, 0.4) is 0 Å². The van der Waals surface area contributed by atoms with E-state index in [9.17, 15) is 8.42 Å². The molecule has 0 fully saturated rings. The maximum Gasteiger partial charge on any atom is 0.238 e. The van der Waals surface area contributed by atoms with Gasteiger partial charge in [-0.2, -0.15) is 0 Å². The number of nitrogens with one attached hydrogen (secondary N) is 1. The monoisotopic (exact) mass is 418 g/mol. The first-order valence-electron chi connectivity index (χ1n) is 8.42. The van der Waals surface area contributed by atoms with Crippen LogP contribution in [0.2, 0.25) is 5.02 Å². The first-order valence-corrected chi connectivity index (χ1v) is 10.3. The standard InChI is InChI=1S/C19H19ClN4O3S/c1-13(27-17-3-2-4-18(11-17)28(21,25)26)9-16-10-19(23-12-22-16)24-15-7-5-14(20)6-8-15/h2-8,10-13H,9H2,1H3,(H2,21,25,26)(H,22,23,24). The summed E-state index contributed by atoms with van der Waals surface area (Å²) >= 11 is 5.89. The molecule has 3 rings (SSSR count). The summed E-state index contributed by atoms with van der Waals surface area (Å²) < 4.78 is 28.7. The van der Waals surface area contributed by atoms with Crippen molar-refractivity contribution >= 4 is 33.1 Å². The minimum atomic E-state index is -3.78. The molecular formula is C19H19ClN4O3S. The van der Waals surface area contributed by atoms with Gasteiger partial charge in [0, 0.05) is 35.0 Å². The molecule has 7 nitrogen and oxygen atoms in total. The molecule has 0 bridgehead atoms. The highest BCUT2D eigenvalue weighted by Gasteiger charge is 2.12. The van der Waals surface area contributed by atoms with E-state index >= 15 is 0 Å². The summed E-state index contributed by atoms with van der Waals surface area (Å²) in [6.45, 7) is 1.87. The Morgan fingerprint density at radius 2 is 1.89 bits per heavy atom. The molecule has 0 amide bonds. The van der Waals surface area contributed by atoms with Gasteiger partial charge in [0.1, 0.15) is 24.0 Å². The molecule has 3 aromatic rings. The molecule has 0 saturated carbocycles. The van der Waals surface area contributed by atoms with Crippen LogP contribution in [0.25, 0.3) is 0 Å². The molecule has 3 N–H and O–H groups in total. The van der Waals surface area contributed by atoms with Crippen molar-refractivity contribution in [3.05, 3.63) is 71.6 Å². The Balaban J connectivity index is 1.66. The molecule has 28 heavy (non-hydrogen) atoms. The largest absolute Gasteiger partial charge is 0.490 e. The molecule has 1 atom stereocenters. The van der Waals surface area contributed by atoms with Crippen LogP contribution < -0.4 is 15.2 Å². The van der Waals surface area contributed by atoms with E-state index in [-0.39, 0.29) is 11.0 Å². The highest BCUT2D eigenvalue weighted by Crippen LogP contribution is 2.20. The van der Waals surface area contributed by atoms with Crippen molar-refractivity contribution in [3.8, 4) is 5.75 Å². The van der Waals surface area contributed by atoms with Crippen LogP contribution in [0.1, 0.15) is 12.6 Å². The molecule has 0 aliphatic rings. The highest BCUT2D eigenvalue weighted by molar-refractivity contribution is 7.89. The average Bonchev–Trinajstić information content (AvgIpc) is 2.63. The lowest BCUT2D eigenvalue weighted by molar-refractivity contribution is 0.220. The number of ether oxygens (including phenoxy) is 1. The van der Waals surface area contributed by atoms with Gasteiger partial charge in [0.15, 0.2) is 0 Å². The van der Waals surface area contributed by atoms with Crippen molar-refractivity contribution in [2.45, 2.75) is 24.3 Å². The van der Waals surface area contributed by atoms with Crippen molar-refractivity contribution in [1.82, 2.24) is 9.97 Å². The van der Waals surface area contributed by atoms with E-state index in [0.717, 1.165) is 11.4 Å². The average molecular weight is 419 g/mol. The number of sulfonamides is 1. The summed E-state index contributed by atoms with van der Waals surface area (Å²) in [4.78, 5) is 8.48. The van der Waals surface area contributed by atoms with Gasteiger partial charge >= 0.3 is 0 Å². The molecule has 1 unspecified atom stereocenters.